The number of methoxy groups -OCH3 is 1. The van der Waals surface area contributed by atoms with E-state index in [2.05, 4.69) is 27.7 Å². The van der Waals surface area contributed by atoms with Crippen LogP contribution in [0.5, 0.6) is 5.75 Å². The summed E-state index contributed by atoms with van der Waals surface area (Å²) >= 11 is 1.71. The summed E-state index contributed by atoms with van der Waals surface area (Å²) in [4.78, 5) is 15.3. The van der Waals surface area contributed by atoms with Crippen molar-refractivity contribution < 1.29 is 9.53 Å². The number of thioether (sulfide) groups is 1. The summed E-state index contributed by atoms with van der Waals surface area (Å²) < 4.78 is 5.13. The fourth-order valence-corrected chi connectivity index (χ4v) is 3.07. The normalized spacial score (nSPS) is 10.9. The highest BCUT2D eigenvalue weighted by Crippen LogP contribution is 2.22. The molecule has 0 saturated heterocycles. The Kier molecular flexibility index (Phi) is 6.93. The molecular weight excluding hydrogens is 270 g/mol. The van der Waals surface area contributed by atoms with Gasteiger partial charge in [-0.25, -0.2) is 0 Å². The second kappa shape index (κ2) is 8.20. The first-order chi connectivity index (χ1) is 9.45. The Morgan fingerprint density at radius 2 is 1.70 bits per heavy atom. The van der Waals surface area contributed by atoms with Gasteiger partial charge in [0.15, 0.2) is 0 Å². The van der Waals surface area contributed by atoms with Crippen molar-refractivity contribution in [3.63, 3.8) is 0 Å². The van der Waals surface area contributed by atoms with E-state index in [1.54, 1.807) is 18.9 Å². The molecule has 4 heteroatoms. The highest BCUT2D eigenvalue weighted by molar-refractivity contribution is 7.99. The Hall–Kier alpha value is -1.16. The number of amides is 1. The van der Waals surface area contributed by atoms with Crippen LogP contribution in [-0.2, 0) is 4.79 Å². The predicted molar refractivity (Wildman–Crippen MR) is 85.5 cm³/mol. The first-order valence-corrected chi connectivity index (χ1v) is 8.02. The summed E-state index contributed by atoms with van der Waals surface area (Å²) in [6, 6.07) is 8.45. The summed E-state index contributed by atoms with van der Waals surface area (Å²) in [5, 5.41) is 0. The van der Waals surface area contributed by atoms with E-state index in [1.807, 2.05) is 29.2 Å². The van der Waals surface area contributed by atoms with Crippen LogP contribution in [0.3, 0.4) is 0 Å². The van der Waals surface area contributed by atoms with E-state index in [4.69, 9.17) is 4.74 Å². The van der Waals surface area contributed by atoms with Gasteiger partial charge in [0, 0.05) is 29.2 Å². The standard InChI is InChI=1S/C16H25NO2S/c1-12(2)17(13(3)4)16(18)10-11-20-15-8-6-14(19-5)7-9-15/h6-9,12-13H,10-11H2,1-5H3. The van der Waals surface area contributed by atoms with E-state index < -0.39 is 0 Å². The lowest BCUT2D eigenvalue weighted by atomic mass is 10.2. The van der Waals surface area contributed by atoms with E-state index in [1.165, 1.54) is 4.90 Å². The zero-order valence-electron chi connectivity index (χ0n) is 13.1. The van der Waals surface area contributed by atoms with Crippen LogP contribution >= 0.6 is 11.8 Å². The smallest absolute Gasteiger partial charge is 0.223 e. The van der Waals surface area contributed by atoms with Crippen molar-refractivity contribution in [2.45, 2.75) is 51.1 Å². The molecule has 20 heavy (non-hydrogen) atoms. The summed E-state index contributed by atoms with van der Waals surface area (Å²) in [6.07, 6.45) is 0.576. The van der Waals surface area contributed by atoms with Crippen LogP contribution < -0.4 is 4.74 Å². The van der Waals surface area contributed by atoms with E-state index in [9.17, 15) is 4.79 Å². The van der Waals surface area contributed by atoms with Gasteiger partial charge in [0.05, 0.1) is 7.11 Å². The third-order valence-electron chi connectivity index (χ3n) is 3.04. The van der Waals surface area contributed by atoms with Crippen molar-refractivity contribution in [2.24, 2.45) is 0 Å². The number of carbonyl (C=O) groups excluding carboxylic acids is 1. The molecule has 0 N–H and O–H groups in total. The number of rotatable bonds is 7. The van der Waals surface area contributed by atoms with E-state index >= 15 is 0 Å². The van der Waals surface area contributed by atoms with Crippen molar-refractivity contribution in [1.29, 1.82) is 0 Å². The Morgan fingerprint density at radius 1 is 1.15 bits per heavy atom. The molecule has 1 aromatic carbocycles. The van der Waals surface area contributed by atoms with Gasteiger partial charge in [0.25, 0.3) is 0 Å². The molecule has 0 saturated carbocycles. The molecule has 0 heterocycles. The molecule has 0 aliphatic rings. The van der Waals surface area contributed by atoms with Gasteiger partial charge >= 0.3 is 0 Å². The second-order valence-corrected chi connectivity index (χ2v) is 6.43. The van der Waals surface area contributed by atoms with Crippen LogP contribution in [0.4, 0.5) is 0 Å². The lowest BCUT2D eigenvalue weighted by Crippen LogP contribution is -2.42. The minimum atomic E-state index is 0.232. The first-order valence-electron chi connectivity index (χ1n) is 7.03. The SMILES string of the molecule is COc1ccc(SCCC(=O)N(C(C)C)C(C)C)cc1. The van der Waals surface area contributed by atoms with Gasteiger partial charge in [-0.15, -0.1) is 11.8 Å². The van der Waals surface area contributed by atoms with Crippen LogP contribution in [0, 0.1) is 0 Å². The average molecular weight is 295 g/mol. The number of ether oxygens (including phenoxy) is 1. The third kappa shape index (κ3) is 5.08. The lowest BCUT2D eigenvalue weighted by molar-refractivity contribution is -0.134. The zero-order valence-corrected chi connectivity index (χ0v) is 13.9. The number of carbonyl (C=O) groups is 1. The van der Waals surface area contributed by atoms with Gasteiger partial charge in [-0.1, -0.05) is 0 Å². The maximum absolute atomic E-state index is 12.2. The molecule has 3 nitrogen and oxygen atoms in total. The van der Waals surface area contributed by atoms with E-state index in [-0.39, 0.29) is 18.0 Å². The highest BCUT2D eigenvalue weighted by Gasteiger charge is 2.19. The second-order valence-electron chi connectivity index (χ2n) is 5.26. The van der Waals surface area contributed by atoms with Crippen LogP contribution in [-0.4, -0.2) is 35.8 Å². The van der Waals surface area contributed by atoms with Crippen LogP contribution in [0.2, 0.25) is 0 Å². The van der Waals surface area contributed by atoms with Crippen molar-refractivity contribution >= 4 is 17.7 Å². The first kappa shape index (κ1) is 16.9. The molecule has 1 amide bonds. The maximum atomic E-state index is 12.2. The molecule has 0 aliphatic heterocycles. The minimum Gasteiger partial charge on any atom is -0.497 e. The van der Waals surface area contributed by atoms with Crippen LogP contribution in [0.1, 0.15) is 34.1 Å². The van der Waals surface area contributed by atoms with Crippen molar-refractivity contribution in [2.75, 3.05) is 12.9 Å². The van der Waals surface area contributed by atoms with Gasteiger partial charge in [-0.2, -0.15) is 0 Å². The van der Waals surface area contributed by atoms with Crippen molar-refractivity contribution in [1.82, 2.24) is 4.90 Å². The fraction of sp³-hybridized carbons (Fsp3) is 0.562. The Labute approximate surface area is 126 Å². The van der Waals surface area contributed by atoms with Gasteiger partial charge in [-0.05, 0) is 52.0 Å². The molecule has 1 aromatic rings. The molecule has 0 aliphatic carbocycles. The zero-order chi connectivity index (χ0) is 15.1. The monoisotopic (exact) mass is 295 g/mol. The van der Waals surface area contributed by atoms with Crippen LogP contribution in [0.25, 0.3) is 0 Å². The quantitative estimate of drug-likeness (QED) is 0.716. The van der Waals surface area contributed by atoms with Crippen molar-refractivity contribution in [3.8, 4) is 5.75 Å². The average Bonchev–Trinajstić information content (AvgIpc) is 2.38. The Bertz CT molecular complexity index is 407. The minimum absolute atomic E-state index is 0.232. The molecular formula is C16H25NO2S. The molecule has 0 spiro atoms. The summed E-state index contributed by atoms with van der Waals surface area (Å²) in [5.74, 6) is 1.90. The summed E-state index contributed by atoms with van der Waals surface area (Å²) in [7, 11) is 1.66. The van der Waals surface area contributed by atoms with Gasteiger partial charge in [0.1, 0.15) is 5.75 Å². The summed E-state index contributed by atoms with van der Waals surface area (Å²) in [6.45, 7) is 8.26. The molecule has 0 unspecified atom stereocenters. The third-order valence-corrected chi connectivity index (χ3v) is 4.06. The number of benzene rings is 1. The van der Waals surface area contributed by atoms with Crippen molar-refractivity contribution in [3.05, 3.63) is 24.3 Å². The molecule has 0 atom stereocenters. The Balaban J connectivity index is 2.44. The van der Waals surface area contributed by atoms with Gasteiger partial charge in [0.2, 0.25) is 5.91 Å². The number of nitrogens with zero attached hydrogens (tertiary/aromatic N) is 1. The molecule has 1 rings (SSSR count). The highest BCUT2D eigenvalue weighted by atomic mass is 32.2. The predicted octanol–water partition coefficient (Wildman–Crippen LogP) is 3.82. The molecule has 0 bridgehead atoms. The van der Waals surface area contributed by atoms with Gasteiger partial charge in [-0.3, -0.25) is 4.79 Å². The van der Waals surface area contributed by atoms with E-state index in [0.717, 1.165) is 11.5 Å². The number of hydrogen-bond acceptors (Lipinski definition) is 3. The maximum Gasteiger partial charge on any atom is 0.223 e. The molecule has 0 aromatic heterocycles. The number of hydrogen-bond donors (Lipinski definition) is 0. The largest absolute Gasteiger partial charge is 0.497 e. The van der Waals surface area contributed by atoms with Gasteiger partial charge < -0.3 is 9.64 Å². The van der Waals surface area contributed by atoms with Crippen LogP contribution in [0.15, 0.2) is 29.2 Å². The topological polar surface area (TPSA) is 29.5 Å². The van der Waals surface area contributed by atoms with E-state index in [0.29, 0.717) is 6.42 Å². The Morgan fingerprint density at radius 3 is 2.15 bits per heavy atom. The molecule has 0 radical (unpaired) electrons. The molecule has 0 fully saturated rings. The fourth-order valence-electron chi connectivity index (χ4n) is 2.23. The summed E-state index contributed by atoms with van der Waals surface area (Å²) in [5.41, 5.74) is 0. The lowest BCUT2D eigenvalue weighted by Gasteiger charge is -2.30. The molecule has 112 valence electrons.